The molecule has 1 aliphatic heterocycles. The van der Waals surface area contributed by atoms with Crippen molar-refractivity contribution in [3.8, 4) is 0 Å². The molecule has 1 fully saturated rings. The molecule has 0 saturated carbocycles. The Morgan fingerprint density at radius 1 is 1.10 bits per heavy atom. The zero-order valence-corrected chi connectivity index (χ0v) is 15.2. The largest absolute Gasteiger partial charge is 0.312 e. The van der Waals surface area contributed by atoms with E-state index in [-0.39, 0.29) is 0 Å². The molecule has 0 aromatic carbocycles. The standard InChI is InChI=1S/C18H39N3/c1-6-10-17(19-13-7-2)18(8-3)20(5)16-11-14-21(9-4)15-12-16/h16-19H,6-15H2,1-5H3. The minimum atomic E-state index is 0.661. The first-order chi connectivity index (χ1) is 10.2. The van der Waals surface area contributed by atoms with Crippen LogP contribution < -0.4 is 5.32 Å². The summed E-state index contributed by atoms with van der Waals surface area (Å²) >= 11 is 0. The zero-order valence-electron chi connectivity index (χ0n) is 15.2. The van der Waals surface area contributed by atoms with Gasteiger partial charge in [0.05, 0.1) is 0 Å². The number of likely N-dealkylation sites (tertiary alicyclic amines) is 1. The average Bonchev–Trinajstić information content (AvgIpc) is 2.53. The first kappa shape index (κ1) is 18.9. The van der Waals surface area contributed by atoms with Crippen molar-refractivity contribution in [3.05, 3.63) is 0 Å². The molecule has 2 atom stereocenters. The normalized spacial score (nSPS) is 20.9. The van der Waals surface area contributed by atoms with Crippen LogP contribution in [0, 0.1) is 0 Å². The number of hydrogen-bond acceptors (Lipinski definition) is 3. The van der Waals surface area contributed by atoms with Gasteiger partial charge in [-0.2, -0.15) is 0 Å². The molecule has 0 radical (unpaired) electrons. The van der Waals surface area contributed by atoms with E-state index in [1.165, 1.54) is 58.2 Å². The quantitative estimate of drug-likeness (QED) is 0.667. The summed E-state index contributed by atoms with van der Waals surface area (Å²) in [4.78, 5) is 5.29. The van der Waals surface area contributed by atoms with Crippen LogP contribution in [-0.2, 0) is 0 Å². The van der Waals surface area contributed by atoms with E-state index in [0.29, 0.717) is 12.1 Å². The summed E-state index contributed by atoms with van der Waals surface area (Å²) in [5.41, 5.74) is 0. The van der Waals surface area contributed by atoms with Crippen LogP contribution in [0.2, 0.25) is 0 Å². The van der Waals surface area contributed by atoms with Crippen molar-refractivity contribution in [1.82, 2.24) is 15.1 Å². The highest BCUT2D eigenvalue weighted by atomic mass is 15.2. The van der Waals surface area contributed by atoms with Crippen molar-refractivity contribution in [2.45, 2.75) is 84.3 Å². The molecule has 0 aliphatic carbocycles. The molecule has 0 spiro atoms. The number of hydrogen-bond donors (Lipinski definition) is 1. The minimum absolute atomic E-state index is 0.661. The van der Waals surface area contributed by atoms with E-state index >= 15 is 0 Å². The van der Waals surface area contributed by atoms with Crippen LogP contribution in [0.25, 0.3) is 0 Å². The fraction of sp³-hybridized carbons (Fsp3) is 1.00. The van der Waals surface area contributed by atoms with Crippen molar-refractivity contribution >= 4 is 0 Å². The zero-order chi connectivity index (χ0) is 15.7. The molecule has 0 bridgehead atoms. The lowest BCUT2D eigenvalue weighted by Gasteiger charge is -2.43. The number of nitrogens with zero attached hydrogens (tertiary/aromatic N) is 2. The molecule has 1 N–H and O–H groups in total. The maximum atomic E-state index is 3.81. The smallest absolute Gasteiger partial charge is 0.0246 e. The van der Waals surface area contributed by atoms with Gasteiger partial charge in [0.1, 0.15) is 0 Å². The molecule has 126 valence electrons. The Kier molecular flexibility index (Phi) is 9.54. The van der Waals surface area contributed by atoms with Crippen molar-refractivity contribution < 1.29 is 0 Å². The van der Waals surface area contributed by atoms with Gasteiger partial charge in [-0.15, -0.1) is 0 Å². The highest BCUT2D eigenvalue weighted by Crippen LogP contribution is 2.21. The lowest BCUT2D eigenvalue weighted by Crippen LogP contribution is -2.54. The van der Waals surface area contributed by atoms with E-state index < -0.39 is 0 Å². The summed E-state index contributed by atoms with van der Waals surface area (Å²) < 4.78 is 0. The highest BCUT2D eigenvalue weighted by Gasteiger charge is 2.29. The number of likely N-dealkylation sites (N-methyl/N-ethyl adjacent to an activating group) is 1. The molecule has 1 aliphatic rings. The molecular weight excluding hydrogens is 258 g/mol. The molecule has 0 amide bonds. The molecule has 3 heteroatoms. The number of nitrogens with one attached hydrogen (secondary N) is 1. The van der Waals surface area contributed by atoms with E-state index in [9.17, 15) is 0 Å². The Balaban J connectivity index is 2.58. The van der Waals surface area contributed by atoms with Crippen LogP contribution in [0.3, 0.4) is 0 Å². The van der Waals surface area contributed by atoms with Gasteiger partial charge < -0.3 is 10.2 Å². The Bertz CT molecular complexity index is 249. The first-order valence-corrected chi connectivity index (χ1v) is 9.35. The average molecular weight is 298 g/mol. The second kappa shape index (κ2) is 10.6. The SMILES string of the molecule is CCCNC(CCC)C(CC)N(C)C1CCN(CC)CC1. The maximum absolute atomic E-state index is 3.81. The first-order valence-electron chi connectivity index (χ1n) is 9.35. The van der Waals surface area contributed by atoms with E-state index in [1.807, 2.05) is 0 Å². The van der Waals surface area contributed by atoms with Gasteiger partial charge in [-0.3, -0.25) is 4.90 Å². The van der Waals surface area contributed by atoms with Crippen molar-refractivity contribution in [3.63, 3.8) is 0 Å². The summed E-state index contributed by atoms with van der Waals surface area (Å²) in [6, 6.07) is 2.13. The van der Waals surface area contributed by atoms with Crippen LogP contribution in [0.1, 0.15) is 66.2 Å². The van der Waals surface area contributed by atoms with E-state index in [4.69, 9.17) is 0 Å². The maximum Gasteiger partial charge on any atom is 0.0246 e. The van der Waals surface area contributed by atoms with Gasteiger partial charge >= 0.3 is 0 Å². The molecule has 1 saturated heterocycles. The Morgan fingerprint density at radius 2 is 1.76 bits per heavy atom. The highest BCUT2D eigenvalue weighted by molar-refractivity contribution is 4.88. The number of piperidine rings is 1. The summed E-state index contributed by atoms with van der Waals surface area (Å²) in [5.74, 6) is 0. The van der Waals surface area contributed by atoms with Crippen molar-refractivity contribution in [1.29, 1.82) is 0 Å². The van der Waals surface area contributed by atoms with Crippen molar-refractivity contribution in [2.75, 3.05) is 33.2 Å². The molecule has 1 rings (SSSR count). The molecule has 1 heterocycles. The predicted octanol–water partition coefficient (Wildman–Crippen LogP) is 3.35. The van der Waals surface area contributed by atoms with Crippen LogP contribution in [-0.4, -0.2) is 61.2 Å². The molecule has 2 unspecified atom stereocenters. The fourth-order valence-electron chi connectivity index (χ4n) is 3.84. The van der Waals surface area contributed by atoms with Gasteiger partial charge in [-0.05, 0) is 65.3 Å². The minimum Gasteiger partial charge on any atom is -0.312 e. The lowest BCUT2D eigenvalue weighted by molar-refractivity contribution is 0.0771. The van der Waals surface area contributed by atoms with Crippen LogP contribution in [0.15, 0.2) is 0 Å². The monoisotopic (exact) mass is 297 g/mol. The predicted molar refractivity (Wildman–Crippen MR) is 94.0 cm³/mol. The van der Waals surface area contributed by atoms with Crippen LogP contribution >= 0.6 is 0 Å². The molecular formula is C18H39N3. The molecule has 21 heavy (non-hydrogen) atoms. The van der Waals surface area contributed by atoms with Gasteiger partial charge in [-0.25, -0.2) is 0 Å². The van der Waals surface area contributed by atoms with E-state index in [0.717, 1.165) is 12.6 Å². The third-order valence-corrected chi connectivity index (χ3v) is 5.24. The van der Waals surface area contributed by atoms with Crippen molar-refractivity contribution in [2.24, 2.45) is 0 Å². The fourth-order valence-corrected chi connectivity index (χ4v) is 3.84. The topological polar surface area (TPSA) is 18.5 Å². The second-order valence-electron chi connectivity index (χ2n) is 6.66. The molecule has 0 aromatic rings. The molecule has 0 aromatic heterocycles. The van der Waals surface area contributed by atoms with E-state index in [1.54, 1.807) is 0 Å². The van der Waals surface area contributed by atoms with E-state index in [2.05, 4.69) is 49.9 Å². The van der Waals surface area contributed by atoms with Gasteiger partial charge in [0.2, 0.25) is 0 Å². The van der Waals surface area contributed by atoms with Gasteiger partial charge in [0.25, 0.3) is 0 Å². The van der Waals surface area contributed by atoms with Gasteiger partial charge in [-0.1, -0.05) is 34.1 Å². The second-order valence-corrected chi connectivity index (χ2v) is 6.66. The van der Waals surface area contributed by atoms with Gasteiger partial charge in [0, 0.05) is 18.1 Å². The third-order valence-electron chi connectivity index (χ3n) is 5.24. The van der Waals surface area contributed by atoms with Gasteiger partial charge in [0.15, 0.2) is 0 Å². The molecule has 3 nitrogen and oxygen atoms in total. The van der Waals surface area contributed by atoms with Crippen LogP contribution in [0.4, 0.5) is 0 Å². The summed E-state index contributed by atoms with van der Waals surface area (Å²) in [5, 5.41) is 3.81. The summed E-state index contributed by atoms with van der Waals surface area (Å²) in [6.07, 6.45) is 7.75. The Hall–Kier alpha value is -0.120. The van der Waals surface area contributed by atoms with Crippen LogP contribution in [0.5, 0.6) is 0 Å². The summed E-state index contributed by atoms with van der Waals surface area (Å²) in [6.45, 7) is 14.1. The third kappa shape index (κ3) is 5.88. The lowest BCUT2D eigenvalue weighted by atomic mass is 9.95. The Morgan fingerprint density at radius 3 is 2.24 bits per heavy atom. The Labute approximate surface area is 133 Å². The number of rotatable bonds is 10. The summed E-state index contributed by atoms with van der Waals surface area (Å²) in [7, 11) is 2.37.